The second-order valence-corrected chi connectivity index (χ2v) is 3.42. The molecular formula is C9H15N3O2. The highest BCUT2D eigenvalue weighted by molar-refractivity contribution is 5.73. The molecule has 78 valence electrons. The second-order valence-electron chi connectivity index (χ2n) is 3.42. The van der Waals surface area contributed by atoms with Gasteiger partial charge in [-0.05, 0) is 25.3 Å². The van der Waals surface area contributed by atoms with Gasteiger partial charge in [0.2, 0.25) is 0 Å². The standard InChI is InChI=1S/C9H15N3O2/c1-2-14-9(13)7-5-3-4-6-8(7)11-12-10/h7-8H,2-6H2,1H3. The van der Waals surface area contributed by atoms with Gasteiger partial charge < -0.3 is 4.74 Å². The molecule has 1 rings (SSSR count). The Morgan fingerprint density at radius 1 is 1.57 bits per heavy atom. The van der Waals surface area contributed by atoms with Gasteiger partial charge in [0.05, 0.1) is 18.6 Å². The Hall–Kier alpha value is -1.22. The number of azide groups is 1. The Morgan fingerprint density at radius 3 is 2.93 bits per heavy atom. The number of hydrogen-bond acceptors (Lipinski definition) is 3. The summed E-state index contributed by atoms with van der Waals surface area (Å²) in [5.74, 6) is -0.441. The predicted molar refractivity (Wildman–Crippen MR) is 51.5 cm³/mol. The zero-order chi connectivity index (χ0) is 10.4. The lowest BCUT2D eigenvalue weighted by Crippen LogP contribution is -2.31. The van der Waals surface area contributed by atoms with Gasteiger partial charge in [0.25, 0.3) is 0 Å². The molecule has 5 nitrogen and oxygen atoms in total. The van der Waals surface area contributed by atoms with Crippen molar-refractivity contribution in [1.29, 1.82) is 0 Å². The summed E-state index contributed by atoms with van der Waals surface area (Å²) in [6.07, 6.45) is 3.62. The molecular weight excluding hydrogens is 182 g/mol. The molecule has 1 saturated carbocycles. The van der Waals surface area contributed by atoms with E-state index in [-0.39, 0.29) is 17.9 Å². The van der Waals surface area contributed by atoms with Crippen LogP contribution >= 0.6 is 0 Å². The molecule has 0 saturated heterocycles. The first-order chi connectivity index (χ1) is 6.79. The van der Waals surface area contributed by atoms with Crippen LogP contribution in [0.15, 0.2) is 5.11 Å². The zero-order valence-electron chi connectivity index (χ0n) is 8.35. The third kappa shape index (κ3) is 2.64. The van der Waals surface area contributed by atoms with Crippen molar-refractivity contribution in [3.63, 3.8) is 0 Å². The SMILES string of the molecule is CCOC(=O)C1CCCCC1N=[N+]=[N-]. The van der Waals surface area contributed by atoms with Gasteiger partial charge in [0.1, 0.15) is 0 Å². The molecule has 2 unspecified atom stereocenters. The first-order valence-electron chi connectivity index (χ1n) is 5.00. The molecule has 14 heavy (non-hydrogen) atoms. The maximum Gasteiger partial charge on any atom is 0.309 e. The number of esters is 1. The lowest BCUT2D eigenvalue weighted by atomic mass is 9.85. The van der Waals surface area contributed by atoms with E-state index in [4.69, 9.17) is 10.3 Å². The van der Waals surface area contributed by atoms with Gasteiger partial charge in [0, 0.05) is 4.91 Å². The highest BCUT2D eigenvalue weighted by Crippen LogP contribution is 2.28. The fourth-order valence-corrected chi connectivity index (χ4v) is 1.84. The van der Waals surface area contributed by atoms with Crippen LogP contribution in [0, 0.1) is 5.92 Å². The van der Waals surface area contributed by atoms with Gasteiger partial charge in [-0.15, -0.1) is 0 Å². The molecule has 0 bridgehead atoms. The van der Waals surface area contributed by atoms with E-state index in [1.807, 2.05) is 0 Å². The van der Waals surface area contributed by atoms with Crippen LogP contribution in [-0.2, 0) is 9.53 Å². The highest BCUT2D eigenvalue weighted by atomic mass is 16.5. The smallest absolute Gasteiger partial charge is 0.309 e. The largest absolute Gasteiger partial charge is 0.466 e. The second kappa shape index (κ2) is 5.50. The molecule has 0 aromatic rings. The van der Waals surface area contributed by atoms with Crippen molar-refractivity contribution in [2.45, 2.75) is 38.6 Å². The summed E-state index contributed by atoms with van der Waals surface area (Å²) in [5, 5.41) is 3.65. The summed E-state index contributed by atoms with van der Waals surface area (Å²) in [7, 11) is 0. The van der Waals surface area contributed by atoms with E-state index in [2.05, 4.69) is 10.0 Å². The average Bonchev–Trinajstić information content (AvgIpc) is 2.19. The molecule has 0 N–H and O–H groups in total. The molecule has 0 aliphatic heterocycles. The van der Waals surface area contributed by atoms with Crippen LogP contribution in [0.5, 0.6) is 0 Å². The average molecular weight is 197 g/mol. The zero-order valence-corrected chi connectivity index (χ0v) is 8.35. The van der Waals surface area contributed by atoms with Crippen molar-refractivity contribution >= 4 is 5.97 Å². The number of hydrogen-bond donors (Lipinski definition) is 0. The Bertz CT molecular complexity index is 248. The minimum absolute atomic E-state index is 0.201. The first kappa shape index (κ1) is 10.9. The quantitative estimate of drug-likeness (QED) is 0.301. The maximum atomic E-state index is 11.5. The monoisotopic (exact) mass is 197 g/mol. The van der Waals surface area contributed by atoms with Crippen LogP contribution < -0.4 is 0 Å². The molecule has 0 spiro atoms. The third-order valence-corrected chi connectivity index (χ3v) is 2.52. The van der Waals surface area contributed by atoms with E-state index in [0.717, 1.165) is 25.7 Å². The van der Waals surface area contributed by atoms with Crippen molar-refractivity contribution < 1.29 is 9.53 Å². The van der Waals surface area contributed by atoms with Crippen molar-refractivity contribution in [2.75, 3.05) is 6.61 Å². The van der Waals surface area contributed by atoms with Crippen LogP contribution in [0.3, 0.4) is 0 Å². The van der Waals surface area contributed by atoms with Gasteiger partial charge in [-0.3, -0.25) is 4.79 Å². The molecule has 1 fully saturated rings. The van der Waals surface area contributed by atoms with Crippen LogP contribution in [0.2, 0.25) is 0 Å². The van der Waals surface area contributed by atoms with Crippen molar-refractivity contribution in [3.8, 4) is 0 Å². The van der Waals surface area contributed by atoms with Gasteiger partial charge in [0.15, 0.2) is 0 Å². The number of rotatable bonds is 3. The van der Waals surface area contributed by atoms with Crippen LogP contribution in [0.25, 0.3) is 10.4 Å². The lowest BCUT2D eigenvalue weighted by molar-refractivity contribution is -0.149. The molecule has 5 heteroatoms. The molecule has 0 aromatic carbocycles. The van der Waals surface area contributed by atoms with E-state index >= 15 is 0 Å². The number of carbonyl (C=O) groups is 1. The fourth-order valence-electron chi connectivity index (χ4n) is 1.84. The van der Waals surface area contributed by atoms with Gasteiger partial charge in [-0.25, -0.2) is 0 Å². The van der Waals surface area contributed by atoms with E-state index in [0.29, 0.717) is 6.61 Å². The normalized spacial score (nSPS) is 26.4. The summed E-state index contributed by atoms with van der Waals surface area (Å²) in [6, 6.07) is -0.201. The number of nitrogens with zero attached hydrogens (tertiary/aromatic N) is 3. The first-order valence-corrected chi connectivity index (χ1v) is 5.00. The van der Waals surface area contributed by atoms with Crippen LogP contribution in [0.4, 0.5) is 0 Å². The van der Waals surface area contributed by atoms with Crippen molar-refractivity contribution in [2.24, 2.45) is 11.0 Å². The molecule has 0 radical (unpaired) electrons. The third-order valence-electron chi connectivity index (χ3n) is 2.52. The molecule has 0 heterocycles. The van der Waals surface area contributed by atoms with Gasteiger partial charge >= 0.3 is 5.97 Å². The topological polar surface area (TPSA) is 75.1 Å². The van der Waals surface area contributed by atoms with Crippen molar-refractivity contribution in [1.82, 2.24) is 0 Å². The van der Waals surface area contributed by atoms with E-state index in [1.54, 1.807) is 6.92 Å². The Balaban J connectivity index is 2.61. The maximum absolute atomic E-state index is 11.5. The van der Waals surface area contributed by atoms with E-state index < -0.39 is 0 Å². The fraction of sp³-hybridized carbons (Fsp3) is 0.889. The lowest BCUT2D eigenvalue weighted by Gasteiger charge is -2.25. The minimum Gasteiger partial charge on any atom is -0.466 e. The summed E-state index contributed by atoms with van der Waals surface area (Å²) in [5.41, 5.74) is 8.35. The summed E-state index contributed by atoms with van der Waals surface area (Å²) in [4.78, 5) is 14.2. The number of carbonyl (C=O) groups excluding carboxylic acids is 1. The molecule has 1 aliphatic rings. The Morgan fingerprint density at radius 2 is 2.29 bits per heavy atom. The molecule has 0 amide bonds. The molecule has 1 aliphatic carbocycles. The van der Waals surface area contributed by atoms with Crippen molar-refractivity contribution in [3.05, 3.63) is 10.4 Å². The summed E-state index contributed by atoms with van der Waals surface area (Å²) in [6.45, 7) is 2.17. The van der Waals surface area contributed by atoms with E-state index in [1.165, 1.54) is 0 Å². The highest BCUT2D eigenvalue weighted by Gasteiger charge is 2.31. The molecule has 0 aromatic heterocycles. The van der Waals surface area contributed by atoms with Crippen LogP contribution in [-0.4, -0.2) is 18.6 Å². The Kier molecular flexibility index (Phi) is 4.26. The van der Waals surface area contributed by atoms with Gasteiger partial charge in [-0.1, -0.05) is 18.0 Å². The number of ether oxygens (including phenoxy) is 1. The Labute approximate surface area is 83.1 Å². The van der Waals surface area contributed by atoms with E-state index in [9.17, 15) is 4.79 Å². The summed E-state index contributed by atoms with van der Waals surface area (Å²) >= 11 is 0. The predicted octanol–water partition coefficient (Wildman–Crippen LogP) is 2.42. The van der Waals surface area contributed by atoms with Crippen LogP contribution in [0.1, 0.15) is 32.6 Å². The van der Waals surface area contributed by atoms with Gasteiger partial charge in [-0.2, -0.15) is 0 Å². The molecule has 2 atom stereocenters. The summed E-state index contributed by atoms with van der Waals surface area (Å²) < 4.78 is 4.94. The minimum atomic E-state index is -0.223.